The highest BCUT2D eigenvalue weighted by Crippen LogP contribution is 2.41. The van der Waals surface area contributed by atoms with Gasteiger partial charge in [0.1, 0.15) is 27.1 Å². The van der Waals surface area contributed by atoms with Crippen LogP contribution in [0.5, 0.6) is 0 Å². The van der Waals surface area contributed by atoms with E-state index < -0.39 is 5.97 Å². The molecule has 7 nitrogen and oxygen atoms in total. The number of esters is 1. The van der Waals surface area contributed by atoms with E-state index in [-0.39, 0.29) is 17.6 Å². The van der Waals surface area contributed by atoms with Crippen molar-refractivity contribution in [2.24, 2.45) is 5.92 Å². The van der Waals surface area contributed by atoms with E-state index >= 15 is 0 Å². The number of epoxide rings is 1. The lowest BCUT2D eigenvalue weighted by Crippen LogP contribution is -2.21. The Morgan fingerprint density at radius 3 is 2.62 bits per heavy atom. The Labute approximate surface area is 178 Å². The molecule has 1 aliphatic rings. The second kappa shape index (κ2) is 9.17. The minimum atomic E-state index is -0.468. The lowest BCUT2D eigenvalue weighted by molar-refractivity contribution is -0.135. The van der Waals surface area contributed by atoms with Crippen LogP contribution >= 0.6 is 22.7 Å². The molecular formula is C20H24N2O5S2. The van der Waals surface area contributed by atoms with E-state index in [9.17, 15) is 4.79 Å². The molecular weight excluding hydrogens is 412 g/mol. The Balaban J connectivity index is 1.70. The third kappa shape index (κ3) is 5.11. The summed E-state index contributed by atoms with van der Waals surface area (Å²) in [5, 5.41) is 5.83. The summed E-state index contributed by atoms with van der Waals surface area (Å²) in [7, 11) is 4.46. The van der Waals surface area contributed by atoms with Gasteiger partial charge in [-0.1, -0.05) is 13.0 Å². The zero-order chi connectivity index (χ0) is 21.0. The van der Waals surface area contributed by atoms with Crippen molar-refractivity contribution in [1.29, 1.82) is 0 Å². The second-order valence-electron chi connectivity index (χ2n) is 6.76. The number of carbonyl (C=O) groups excluding carboxylic acids is 1. The predicted octanol–water partition coefficient (Wildman–Crippen LogP) is 3.88. The van der Waals surface area contributed by atoms with Gasteiger partial charge in [0, 0.05) is 23.8 Å². The monoisotopic (exact) mass is 436 g/mol. The van der Waals surface area contributed by atoms with Crippen molar-refractivity contribution < 1.29 is 23.7 Å². The molecule has 29 heavy (non-hydrogen) atoms. The summed E-state index contributed by atoms with van der Waals surface area (Å²) in [6, 6.07) is 0. The van der Waals surface area contributed by atoms with Gasteiger partial charge in [-0.2, -0.15) is 0 Å². The van der Waals surface area contributed by atoms with Crippen LogP contribution in [0, 0.1) is 5.92 Å². The molecule has 0 aromatic carbocycles. The summed E-state index contributed by atoms with van der Waals surface area (Å²) in [5.74, 6) is -0.165. The first-order valence-electron chi connectivity index (χ1n) is 9.00. The molecule has 2 aromatic heterocycles. The number of aromatic nitrogens is 2. The van der Waals surface area contributed by atoms with Gasteiger partial charge in [-0.05, 0) is 13.0 Å². The topological polar surface area (TPSA) is 83.1 Å². The molecule has 3 rings (SSSR count). The smallest absolute Gasteiger partial charge is 0.333 e. The summed E-state index contributed by atoms with van der Waals surface area (Å²) in [5.41, 5.74) is 1.46. The normalized spacial score (nSPS) is 21.2. The van der Waals surface area contributed by atoms with Gasteiger partial charge in [-0.3, -0.25) is 0 Å². The Bertz CT molecular complexity index is 914. The van der Waals surface area contributed by atoms with Crippen LogP contribution in [0.15, 0.2) is 28.7 Å². The molecule has 3 heterocycles. The first-order valence-corrected chi connectivity index (χ1v) is 10.8. The van der Waals surface area contributed by atoms with Crippen LogP contribution in [0.25, 0.3) is 16.8 Å². The molecule has 0 amide bonds. The molecule has 3 unspecified atom stereocenters. The zero-order valence-electron chi connectivity index (χ0n) is 17.0. The highest BCUT2D eigenvalue weighted by Gasteiger charge is 2.44. The van der Waals surface area contributed by atoms with Crippen LogP contribution in [0.3, 0.4) is 0 Å². The molecule has 0 radical (unpaired) electrons. The molecule has 1 saturated heterocycles. The van der Waals surface area contributed by atoms with E-state index in [1.807, 2.05) is 36.8 Å². The summed E-state index contributed by atoms with van der Waals surface area (Å²) >= 11 is 3.14. The van der Waals surface area contributed by atoms with Crippen LogP contribution in [-0.2, 0) is 29.3 Å². The minimum Gasteiger partial charge on any atom is -0.500 e. The van der Waals surface area contributed by atoms with Crippen molar-refractivity contribution >= 4 is 34.7 Å². The van der Waals surface area contributed by atoms with Crippen molar-refractivity contribution in [2.45, 2.75) is 25.6 Å². The van der Waals surface area contributed by atoms with E-state index in [1.165, 1.54) is 31.6 Å². The number of ether oxygens (including phenoxy) is 4. The molecule has 9 heteroatoms. The van der Waals surface area contributed by atoms with Crippen molar-refractivity contribution in [1.82, 2.24) is 9.97 Å². The number of methoxy groups -OCH3 is 3. The quantitative estimate of drug-likeness (QED) is 0.255. The molecule has 0 saturated carbocycles. The summed E-state index contributed by atoms with van der Waals surface area (Å²) in [4.78, 5) is 20.8. The maximum absolute atomic E-state index is 11.5. The Morgan fingerprint density at radius 1 is 1.24 bits per heavy atom. The summed E-state index contributed by atoms with van der Waals surface area (Å²) in [6.45, 7) is 4.68. The first kappa shape index (κ1) is 21.6. The Hall–Kier alpha value is -2.07. The zero-order valence-corrected chi connectivity index (χ0v) is 18.6. The van der Waals surface area contributed by atoms with E-state index in [2.05, 4.69) is 14.7 Å². The fourth-order valence-corrected chi connectivity index (χ4v) is 4.41. The molecule has 1 fully saturated rings. The van der Waals surface area contributed by atoms with Gasteiger partial charge in [0.05, 0.1) is 38.7 Å². The highest BCUT2D eigenvalue weighted by atomic mass is 32.1. The fourth-order valence-electron chi connectivity index (χ4n) is 2.68. The second-order valence-corrected chi connectivity index (χ2v) is 8.47. The number of rotatable bonds is 9. The first-order chi connectivity index (χ1) is 13.9. The third-order valence-electron chi connectivity index (χ3n) is 4.64. The van der Waals surface area contributed by atoms with Crippen LogP contribution in [-0.4, -0.2) is 50.0 Å². The fraction of sp³-hybridized carbons (Fsp3) is 0.450. The Morgan fingerprint density at radius 2 is 2.00 bits per heavy atom. The lowest BCUT2D eigenvalue weighted by Gasteiger charge is -2.21. The van der Waals surface area contributed by atoms with Gasteiger partial charge in [0.25, 0.3) is 0 Å². The maximum atomic E-state index is 11.5. The van der Waals surface area contributed by atoms with E-state index in [0.29, 0.717) is 5.76 Å². The average Bonchev–Trinajstić information content (AvgIpc) is 3.14. The van der Waals surface area contributed by atoms with Crippen molar-refractivity contribution in [3.63, 3.8) is 0 Å². The van der Waals surface area contributed by atoms with E-state index in [4.69, 9.17) is 14.2 Å². The van der Waals surface area contributed by atoms with E-state index in [1.54, 1.807) is 18.4 Å². The highest BCUT2D eigenvalue weighted by molar-refractivity contribution is 7.14. The van der Waals surface area contributed by atoms with Crippen LogP contribution < -0.4 is 0 Å². The number of hydrogen-bond acceptors (Lipinski definition) is 9. The molecule has 0 N–H and O–H groups in total. The van der Waals surface area contributed by atoms with Crippen molar-refractivity contribution in [3.8, 4) is 10.7 Å². The lowest BCUT2D eigenvalue weighted by atomic mass is 10.0. The maximum Gasteiger partial charge on any atom is 0.333 e. The number of nitrogens with zero attached hydrogens (tertiary/aromatic N) is 2. The van der Waals surface area contributed by atoms with Crippen LogP contribution in [0.1, 0.15) is 24.5 Å². The molecule has 3 atom stereocenters. The Kier molecular flexibility index (Phi) is 6.84. The molecule has 0 spiro atoms. The number of carbonyl (C=O) groups is 1. The van der Waals surface area contributed by atoms with E-state index in [0.717, 1.165) is 28.0 Å². The molecule has 0 bridgehead atoms. The number of hydrogen-bond donors (Lipinski definition) is 0. The van der Waals surface area contributed by atoms with Gasteiger partial charge in [0.15, 0.2) is 0 Å². The number of thiazole rings is 2. The molecule has 1 aliphatic heterocycles. The summed E-state index contributed by atoms with van der Waals surface area (Å²) in [6.07, 6.45) is 4.83. The van der Waals surface area contributed by atoms with Crippen molar-refractivity contribution in [3.05, 3.63) is 39.4 Å². The predicted molar refractivity (Wildman–Crippen MR) is 113 cm³/mol. The minimum absolute atomic E-state index is 0.182. The van der Waals surface area contributed by atoms with Gasteiger partial charge in [-0.25, -0.2) is 14.8 Å². The standard InChI is InChI=1S/C20H24N2O5S2/c1-12(16(25-4)8-17(23)26-5)15(24-3)7-6-13-9-28-18(21-13)14-10-29-19(22-14)20(2)11-27-20/h6-10,12,15H,11H2,1-5H3. The van der Waals surface area contributed by atoms with Crippen molar-refractivity contribution in [2.75, 3.05) is 27.9 Å². The largest absolute Gasteiger partial charge is 0.500 e. The van der Waals surface area contributed by atoms with Gasteiger partial charge in [0.2, 0.25) is 0 Å². The average molecular weight is 437 g/mol. The molecule has 0 aliphatic carbocycles. The van der Waals surface area contributed by atoms with Crippen LogP contribution in [0.2, 0.25) is 0 Å². The molecule has 2 aromatic rings. The third-order valence-corrected chi connectivity index (χ3v) is 6.61. The molecule has 156 valence electrons. The summed E-state index contributed by atoms with van der Waals surface area (Å²) < 4.78 is 21.0. The van der Waals surface area contributed by atoms with Crippen LogP contribution in [0.4, 0.5) is 0 Å². The van der Waals surface area contributed by atoms with Gasteiger partial charge < -0.3 is 18.9 Å². The van der Waals surface area contributed by atoms with Gasteiger partial charge >= 0.3 is 5.97 Å². The SMILES string of the molecule is COC(=O)C=C(OC)C(C)C(C=Cc1csc(-c2csc(C3(C)CO3)n2)n1)OC. The van der Waals surface area contributed by atoms with Gasteiger partial charge in [-0.15, -0.1) is 22.7 Å².